The highest BCUT2D eigenvalue weighted by molar-refractivity contribution is 14.1. The van der Waals surface area contributed by atoms with Gasteiger partial charge >= 0.3 is 0 Å². The quantitative estimate of drug-likeness (QED) is 0.611. The van der Waals surface area contributed by atoms with E-state index in [9.17, 15) is 9.18 Å². The molecule has 2 heterocycles. The molecule has 0 radical (unpaired) electrons. The molecule has 1 aromatic carbocycles. The highest BCUT2D eigenvalue weighted by atomic mass is 127. The number of carbonyl (C=O) groups excluding carboxylic acids is 1. The van der Waals surface area contributed by atoms with Crippen LogP contribution < -0.4 is 5.32 Å². The van der Waals surface area contributed by atoms with E-state index in [1.165, 1.54) is 13.0 Å². The fourth-order valence-corrected chi connectivity index (χ4v) is 3.12. The molecule has 0 aliphatic carbocycles. The van der Waals surface area contributed by atoms with Crippen LogP contribution in [0.5, 0.6) is 0 Å². The second-order valence-corrected chi connectivity index (χ2v) is 5.79. The van der Waals surface area contributed by atoms with Gasteiger partial charge in [-0.05, 0) is 59.4 Å². The normalized spacial score (nSPS) is 15.2. The molecule has 1 aromatic heterocycles. The van der Waals surface area contributed by atoms with E-state index >= 15 is 0 Å². The van der Waals surface area contributed by atoms with Crippen LogP contribution in [0.3, 0.4) is 0 Å². The Bertz CT molecular complexity index is 733. The molecular formula is C15H12FIN2O. The Morgan fingerprint density at radius 3 is 2.95 bits per heavy atom. The smallest absolute Gasteiger partial charge is 0.161 e. The van der Waals surface area contributed by atoms with Crippen molar-refractivity contribution in [2.24, 2.45) is 0 Å². The molecule has 3 nitrogen and oxygen atoms in total. The van der Waals surface area contributed by atoms with E-state index in [-0.39, 0.29) is 11.6 Å². The molecule has 102 valence electrons. The number of nitrogens with one attached hydrogen (secondary N) is 2. The van der Waals surface area contributed by atoms with Crippen molar-refractivity contribution in [2.75, 3.05) is 11.9 Å². The summed E-state index contributed by atoms with van der Waals surface area (Å²) >= 11 is 2.02. The molecule has 2 aromatic rings. The molecule has 2 N–H and O–H groups in total. The number of benzene rings is 1. The third-order valence-corrected chi connectivity index (χ3v) is 4.38. The first-order valence-electron chi connectivity index (χ1n) is 6.18. The zero-order valence-electron chi connectivity index (χ0n) is 10.8. The summed E-state index contributed by atoms with van der Waals surface area (Å²) in [5.41, 5.74) is 4.36. The molecule has 0 saturated carbocycles. The lowest BCUT2D eigenvalue weighted by Gasteiger charge is -2.04. The van der Waals surface area contributed by atoms with E-state index in [0.717, 1.165) is 22.5 Å². The molecule has 20 heavy (non-hydrogen) atoms. The summed E-state index contributed by atoms with van der Waals surface area (Å²) in [6.45, 7) is 2.19. The Balaban J connectivity index is 2.03. The van der Waals surface area contributed by atoms with E-state index in [1.807, 2.05) is 28.7 Å². The molecule has 0 fully saturated rings. The SMILES string of the molecule is CC(=O)c1c[nH]c(/C=C2\CNc3ccc(F)c(I)c32)c1. The van der Waals surface area contributed by atoms with Crippen molar-refractivity contribution in [3.63, 3.8) is 0 Å². The summed E-state index contributed by atoms with van der Waals surface area (Å²) in [6.07, 6.45) is 3.64. The average molecular weight is 382 g/mol. The van der Waals surface area contributed by atoms with Gasteiger partial charge in [0.2, 0.25) is 0 Å². The van der Waals surface area contributed by atoms with Crippen molar-refractivity contribution in [3.8, 4) is 0 Å². The highest BCUT2D eigenvalue weighted by Crippen LogP contribution is 2.36. The maximum Gasteiger partial charge on any atom is 0.161 e. The van der Waals surface area contributed by atoms with E-state index in [1.54, 1.807) is 18.3 Å². The van der Waals surface area contributed by atoms with Crippen LogP contribution in [0.2, 0.25) is 0 Å². The number of ketones is 1. The Kier molecular flexibility index (Phi) is 3.37. The monoisotopic (exact) mass is 382 g/mol. The molecule has 3 rings (SSSR count). The van der Waals surface area contributed by atoms with E-state index in [2.05, 4.69) is 10.3 Å². The fourth-order valence-electron chi connectivity index (χ4n) is 2.30. The standard InChI is InChI=1S/C15H12FIN2O/c1-8(20)9-4-11(18-6-9)5-10-7-19-13-3-2-12(16)15(17)14(10)13/h2-6,18-19H,7H2,1H3/b10-5+. The number of hydrogen-bond acceptors (Lipinski definition) is 2. The van der Waals surface area contributed by atoms with Crippen LogP contribution in [0.15, 0.2) is 24.4 Å². The number of anilines is 1. The van der Waals surface area contributed by atoms with Crippen LogP contribution >= 0.6 is 22.6 Å². The zero-order chi connectivity index (χ0) is 14.3. The lowest BCUT2D eigenvalue weighted by atomic mass is 10.1. The third-order valence-electron chi connectivity index (χ3n) is 3.33. The van der Waals surface area contributed by atoms with Gasteiger partial charge in [0, 0.05) is 35.2 Å². The highest BCUT2D eigenvalue weighted by Gasteiger charge is 2.21. The van der Waals surface area contributed by atoms with Crippen molar-refractivity contribution >= 4 is 45.7 Å². The minimum atomic E-state index is -0.213. The Morgan fingerprint density at radius 2 is 2.25 bits per heavy atom. The van der Waals surface area contributed by atoms with Gasteiger partial charge in [0.15, 0.2) is 5.78 Å². The topological polar surface area (TPSA) is 44.9 Å². The second-order valence-electron chi connectivity index (χ2n) is 4.71. The van der Waals surface area contributed by atoms with Crippen LogP contribution in [-0.4, -0.2) is 17.3 Å². The first-order chi connectivity index (χ1) is 9.56. The lowest BCUT2D eigenvalue weighted by Crippen LogP contribution is -1.91. The van der Waals surface area contributed by atoms with Crippen LogP contribution in [0, 0.1) is 9.39 Å². The molecule has 0 amide bonds. The van der Waals surface area contributed by atoms with Gasteiger partial charge in [-0.3, -0.25) is 4.79 Å². The predicted octanol–water partition coefficient (Wildman–Crippen LogP) is 3.93. The molecule has 5 heteroatoms. The number of Topliss-reactive ketones (excluding diaryl/α,β-unsaturated/α-hetero) is 1. The van der Waals surface area contributed by atoms with Crippen molar-refractivity contribution in [1.29, 1.82) is 0 Å². The number of aromatic amines is 1. The van der Waals surface area contributed by atoms with Crippen LogP contribution in [0.25, 0.3) is 11.6 Å². The van der Waals surface area contributed by atoms with Crippen molar-refractivity contribution in [2.45, 2.75) is 6.92 Å². The van der Waals surface area contributed by atoms with Crippen LogP contribution in [0.1, 0.15) is 28.5 Å². The number of hydrogen-bond donors (Lipinski definition) is 2. The second kappa shape index (κ2) is 5.05. The van der Waals surface area contributed by atoms with Gasteiger partial charge in [0.1, 0.15) is 5.82 Å². The van der Waals surface area contributed by atoms with Gasteiger partial charge < -0.3 is 10.3 Å². The molecule has 0 bridgehead atoms. The summed E-state index contributed by atoms with van der Waals surface area (Å²) in [5, 5.41) is 3.25. The largest absolute Gasteiger partial charge is 0.380 e. The minimum absolute atomic E-state index is 0.0245. The summed E-state index contributed by atoms with van der Waals surface area (Å²) < 4.78 is 14.3. The number of carbonyl (C=O) groups is 1. The number of H-pyrrole nitrogens is 1. The van der Waals surface area contributed by atoms with Crippen molar-refractivity contribution < 1.29 is 9.18 Å². The van der Waals surface area contributed by atoms with Gasteiger partial charge in [0.25, 0.3) is 0 Å². The number of halogens is 2. The van der Waals surface area contributed by atoms with Gasteiger partial charge in [-0.2, -0.15) is 0 Å². The molecular weight excluding hydrogens is 370 g/mol. The van der Waals surface area contributed by atoms with E-state index < -0.39 is 0 Å². The predicted molar refractivity (Wildman–Crippen MR) is 86.3 cm³/mol. The average Bonchev–Trinajstić information content (AvgIpc) is 3.02. The summed E-state index contributed by atoms with van der Waals surface area (Å²) in [7, 11) is 0. The Hall–Kier alpha value is -1.63. The van der Waals surface area contributed by atoms with Crippen molar-refractivity contribution in [1.82, 2.24) is 4.98 Å². The number of rotatable bonds is 2. The summed E-state index contributed by atoms with van der Waals surface area (Å²) in [5.74, 6) is -0.189. The third kappa shape index (κ3) is 2.26. The molecule has 0 atom stereocenters. The molecule has 1 aliphatic rings. The zero-order valence-corrected chi connectivity index (χ0v) is 12.9. The first kappa shape index (κ1) is 13.4. The maximum atomic E-state index is 13.7. The Labute approximate surface area is 129 Å². The summed E-state index contributed by atoms with van der Waals surface area (Å²) in [4.78, 5) is 14.3. The minimum Gasteiger partial charge on any atom is -0.380 e. The van der Waals surface area contributed by atoms with E-state index in [0.29, 0.717) is 15.7 Å². The van der Waals surface area contributed by atoms with Crippen LogP contribution in [-0.2, 0) is 0 Å². The molecule has 1 aliphatic heterocycles. The molecule has 0 unspecified atom stereocenters. The molecule has 0 saturated heterocycles. The van der Waals surface area contributed by atoms with Gasteiger partial charge in [0.05, 0.1) is 3.57 Å². The number of aromatic nitrogens is 1. The van der Waals surface area contributed by atoms with Crippen molar-refractivity contribution in [3.05, 3.63) is 50.6 Å². The van der Waals surface area contributed by atoms with Gasteiger partial charge in [-0.25, -0.2) is 4.39 Å². The Morgan fingerprint density at radius 1 is 1.45 bits per heavy atom. The van der Waals surface area contributed by atoms with E-state index in [4.69, 9.17) is 0 Å². The first-order valence-corrected chi connectivity index (χ1v) is 7.26. The fraction of sp³-hybridized carbons (Fsp3) is 0.133. The summed E-state index contributed by atoms with van der Waals surface area (Å²) in [6, 6.07) is 5.03. The molecule has 0 spiro atoms. The van der Waals surface area contributed by atoms with Gasteiger partial charge in [-0.1, -0.05) is 0 Å². The number of fused-ring (bicyclic) bond motifs is 1. The van der Waals surface area contributed by atoms with Gasteiger partial charge in [-0.15, -0.1) is 0 Å². The lowest BCUT2D eigenvalue weighted by molar-refractivity contribution is 0.101. The maximum absolute atomic E-state index is 13.7. The van der Waals surface area contributed by atoms with Crippen LogP contribution in [0.4, 0.5) is 10.1 Å².